The van der Waals surface area contributed by atoms with Gasteiger partial charge in [-0.1, -0.05) is 0 Å². The quantitative estimate of drug-likeness (QED) is 0.920. The van der Waals surface area contributed by atoms with Gasteiger partial charge in [-0.3, -0.25) is 0 Å². The number of nitrogens with zero attached hydrogens (tertiary/aromatic N) is 1. The zero-order valence-electron chi connectivity index (χ0n) is 10.6. The second kappa shape index (κ2) is 5.43. The summed E-state index contributed by atoms with van der Waals surface area (Å²) in [5.41, 5.74) is 0.507. The van der Waals surface area contributed by atoms with E-state index in [1.54, 1.807) is 24.1 Å². The maximum atomic E-state index is 12.7. The lowest BCUT2D eigenvalue weighted by atomic mass is 10.3. The average molecular weight is 321 g/mol. The molecule has 8 heteroatoms. The van der Waals surface area contributed by atoms with Crippen LogP contribution in [-0.4, -0.2) is 47.9 Å². The molecule has 1 unspecified atom stereocenters. The fourth-order valence-electron chi connectivity index (χ4n) is 2.09. The van der Waals surface area contributed by atoms with Gasteiger partial charge in [0, 0.05) is 24.1 Å². The summed E-state index contributed by atoms with van der Waals surface area (Å²) in [6, 6.07) is -0.107. The number of aromatic carboxylic acids is 1. The van der Waals surface area contributed by atoms with E-state index in [1.165, 1.54) is 4.31 Å². The van der Waals surface area contributed by atoms with Gasteiger partial charge in [-0.2, -0.15) is 16.1 Å². The zero-order chi connectivity index (χ0) is 14.2. The first-order valence-corrected chi connectivity index (χ1v) is 9.24. The zero-order valence-corrected chi connectivity index (χ0v) is 13.1. The van der Waals surface area contributed by atoms with Crippen LogP contribution in [0.1, 0.15) is 22.2 Å². The lowest BCUT2D eigenvalue weighted by Gasteiger charge is -2.32. The normalized spacial score (nSPS) is 21.5. The Balaban J connectivity index is 2.50. The summed E-state index contributed by atoms with van der Waals surface area (Å²) < 4.78 is 26.8. The van der Waals surface area contributed by atoms with Gasteiger partial charge in [0.1, 0.15) is 9.77 Å². The molecule has 1 aromatic rings. The van der Waals surface area contributed by atoms with E-state index >= 15 is 0 Å². The maximum Gasteiger partial charge on any atom is 0.347 e. The Morgan fingerprint density at radius 1 is 1.53 bits per heavy atom. The highest BCUT2D eigenvalue weighted by Crippen LogP contribution is 2.32. The molecule has 0 saturated carbocycles. The van der Waals surface area contributed by atoms with Crippen LogP contribution in [0.4, 0.5) is 0 Å². The number of thiophene rings is 1. The molecular formula is C11H15NO4S3. The van der Waals surface area contributed by atoms with Gasteiger partial charge in [0.25, 0.3) is 0 Å². The van der Waals surface area contributed by atoms with Crippen molar-refractivity contribution in [1.82, 2.24) is 4.31 Å². The first-order valence-electron chi connectivity index (χ1n) is 5.76. The van der Waals surface area contributed by atoms with E-state index in [0.29, 0.717) is 12.1 Å². The SMILES string of the molecule is Cc1csc(C(=O)O)c1S(=O)(=O)N1CCSCC1C. The van der Waals surface area contributed by atoms with Gasteiger partial charge in [0.15, 0.2) is 0 Å². The van der Waals surface area contributed by atoms with E-state index in [9.17, 15) is 13.2 Å². The summed E-state index contributed by atoms with van der Waals surface area (Å²) in [5.74, 6) is 0.302. The molecule has 106 valence electrons. The Kier molecular flexibility index (Phi) is 4.24. The molecule has 2 heterocycles. The molecule has 0 radical (unpaired) electrons. The second-order valence-electron chi connectivity index (χ2n) is 4.42. The van der Waals surface area contributed by atoms with Crippen molar-refractivity contribution in [2.75, 3.05) is 18.1 Å². The van der Waals surface area contributed by atoms with Crippen molar-refractivity contribution in [3.63, 3.8) is 0 Å². The summed E-state index contributed by atoms with van der Waals surface area (Å²) in [7, 11) is -3.72. The average Bonchev–Trinajstić information content (AvgIpc) is 2.72. The summed E-state index contributed by atoms with van der Waals surface area (Å²) in [5, 5.41) is 10.7. The number of hydrogen-bond donors (Lipinski definition) is 1. The third kappa shape index (κ3) is 2.67. The van der Waals surface area contributed by atoms with Gasteiger partial charge in [-0.05, 0) is 24.8 Å². The van der Waals surface area contributed by atoms with Gasteiger partial charge in [0.05, 0.1) is 0 Å². The molecule has 0 aliphatic carbocycles. The van der Waals surface area contributed by atoms with Crippen molar-refractivity contribution in [1.29, 1.82) is 0 Å². The molecule has 19 heavy (non-hydrogen) atoms. The van der Waals surface area contributed by atoms with Gasteiger partial charge in [-0.25, -0.2) is 13.2 Å². The first-order chi connectivity index (χ1) is 8.85. The number of aryl methyl sites for hydroxylation is 1. The molecule has 1 aliphatic rings. The van der Waals surface area contributed by atoms with Gasteiger partial charge in [0.2, 0.25) is 10.0 Å². The molecule has 1 fully saturated rings. The summed E-state index contributed by atoms with van der Waals surface area (Å²) in [6.07, 6.45) is 0. The molecule has 1 saturated heterocycles. The van der Waals surface area contributed by atoms with Crippen molar-refractivity contribution in [2.24, 2.45) is 0 Å². The van der Waals surface area contributed by atoms with Crippen LogP contribution in [-0.2, 0) is 10.0 Å². The van der Waals surface area contributed by atoms with Crippen LogP contribution >= 0.6 is 23.1 Å². The largest absolute Gasteiger partial charge is 0.477 e. The van der Waals surface area contributed by atoms with Crippen LogP contribution in [0.3, 0.4) is 0 Å². The number of carboxylic acid groups (broad SMARTS) is 1. The van der Waals surface area contributed by atoms with Crippen molar-refractivity contribution in [3.05, 3.63) is 15.8 Å². The van der Waals surface area contributed by atoms with E-state index in [4.69, 9.17) is 5.11 Å². The van der Waals surface area contributed by atoms with Gasteiger partial charge < -0.3 is 5.11 Å². The van der Waals surface area contributed by atoms with Crippen LogP contribution < -0.4 is 0 Å². The topological polar surface area (TPSA) is 74.7 Å². The Labute approximate surface area is 120 Å². The Morgan fingerprint density at radius 3 is 2.79 bits per heavy atom. The van der Waals surface area contributed by atoms with Crippen LogP contribution in [0.5, 0.6) is 0 Å². The van der Waals surface area contributed by atoms with E-state index in [-0.39, 0.29) is 15.8 Å². The monoisotopic (exact) mass is 321 g/mol. The number of hydrogen-bond acceptors (Lipinski definition) is 5. The lowest BCUT2D eigenvalue weighted by molar-refractivity contribution is 0.0698. The number of carboxylic acids is 1. The predicted octanol–water partition coefficient (Wildman–Crippen LogP) is 1.88. The minimum atomic E-state index is -3.72. The van der Waals surface area contributed by atoms with Crippen LogP contribution in [0, 0.1) is 6.92 Å². The van der Waals surface area contributed by atoms with Crippen molar-refractivity contribution in [2.45, 2.75) is 24.8 Å². The molecule has 1 aromatic heterocycles. The lowest BCUT2D eigenvalue weighted by Crippen LogP contribution is -2.44. The van der Waals surface area contributed by atoms with E-state index in [1.807, 2.05) is 6.92 Å². The summed E-state index contributed by atoms with van der Waals surface area (Å²) >= 11 is 2.68. The van der Waals surface area contributed by atoms with Crippen molar-refractivity contribution in [3.8, 4) is 0 Å². The molecule has 0 spiro atoms. The molecule has 2 rings (SSSR count). The number of sulfonamides is 1. The minimum absolute atomic E-state index is 0.0382. The Bertz CT molecular complexity index is 593. The number of thioether (sulfide) groups is 1. The highest BCUT2D eigenvalue weighted by atomic mass is 32.2. The van der Waals surface area contributed by atoms with Crippen LogP contribution in [0.2, 0.25) is 0 Å². The van der Waals surface area contributed by atoms with Crippen molar-refractivity contribution < 1.29 is 18.3 Å². The highest BCUT2D eigenvalue weighted by Gasteiger charge is 2.36. The Hall–Kier alpha value is -0.570. The summed E-state index contributed by atoms with van der Waals surface area (Å²) in [6.45, 7) is 3.92. The molecule has 1 N–H and O–H groups in total. The highest BCUT2D eigenvalue weighted by molar-refractivity contribution is 7.99. The third-order valence-electron chi connectivity index (χ3n) is 2.99. The number of rotatable bonds is 3. The fourth-order valence-corrected chi connectivity index (χ4v) is 6.53. The van der Waals surface area contributed by atoms with Crippen LogP contribution in [0.15, 0.2) is 10.3 Å². The van der Waals surface area contributed by atoms with Crippen molar-refractivity contribution >= 4 is 39.1 Å². The standard InChI is InChI=1S/C11H15NO4S3/c1-7-5-18-9(11(13)14)10(7)19(15,16)12-3-4-17-6-8(12)2/h5,8H,3-4,6H2,1-2H3,(H,13,14). The van der Waals surface area contributed by atoms with E-state index in [2.05, 4.69) is 0 Å². The molecular weight excluding hydrogens is 306 g/mol. The minimum Gasteiger partial charge on any atom is -0.477 e. The fraction of sp³-hybridized carbons (Fsp3) is 0.545. The third-order valence-corrected chi connectivity index (χ3v) is 7.59. The molecule has 5 nitrogen and oxygen atoms in total. The number of carbonyl (C=O) groups is 1. The molecule has 0 bridgehead atoms. The van der Waals surface area contributed by atoms with Gasteiger partial charge in [-0.15, -0.1) is 11.3 Å². The smallest absolute Gasteiger partial charge is 0.347 e. The molecule has 0 aromatic carbocycles. The van der Waals surface area contributed by atoms with E-state index < -0.39 is 16.0 Å². The first kappa shape index (κ1) is 14.8. The Morgan fingerprint density at radius 2 is 2.21 bits per heavy atom. The molecule has 1 aliphatic heterocycles. The van der Waals surface area contributed by atoms with Crippen LogP contribution in [0.25, 0.3) is 0 Å². The summed E-state index contributed by atoms with van der Waals surface area (Å²) in [4.78, 5) is 11.0. The van der Waals surface area contributed by atoms with E-state index in [0.717, 1.165) is 22.8 Å². The predicted molar refractivity (Wildman–Crippen MR) is 76.7 cm³/mol. The maximum absolute atomic E-state index is 12.7. The second-order valence-corrected chi connectivity index (χ2v) is 8.28. The molecule has 1 atom stereocenters. The van der Waals surface area contributed by atoms with Gasteiger partial charge >= 0.3 is 5.97 Å². The molecule has 0 amide bonds.